The van der Waals surface area contributed by atoms with Gasteiger partial charge in [0.25, 0.3) is 0 Å². The lowest BCUT2D eigenvalue weighted by atomic mass is 10.4. The monoisotopic (exact) mass is 121 g/mol. The van der Waals surface area contributed by atoms with E-state index in [-0.39, 0.29) is 5.25 Å². The average molecular weight is 121 g/mol. The van der Waals surface area contributed by atoms with E-state index < -0.39 is 11.1 Å². The molecule has 1 radical (unpaired) electrons. The Morgan fingerprint density at radius 3 is 2.14 bits per heavy atom. The Bertz CT molecular complexity index is 72.1. The minimum Gasteiger partial charge on any atom is -0.227 e. The Kier molecular flexibility index (Phi) is 3.21. The lowest BCUT2D eigenvalue weighted by Gasteiger charge is -1.95. The molecule has 0 bridgehead atoms. The molecule has 2 atom stereocenters. The van der Waals surface area contributed by atoms with Gasteiger partial charge in [0.15, 0.2) is 11.1 Å². The standard InChI is InChI=1S/C4H9O2S/c1-3-4(2)7(5)6/h4H,3H2,1-2H3. The zero-order chi connectivity index (χ0) is 5.86. The summed E-state index contributed by atoms with van der Waals surface area (Å²) in [4.78, 5) is 0. The average Bonchev–Trinajstić information content (AvgIpc) is 1.65. The Balaban J connectivity index is 3.34. The molecular formula is C4H9O2S. The molecule has 0 heterocycles. The first-order valence-corrected chi connectivity index (χ1v) is 3.40. The molecule has 2 unspecified atom stereocenters. The van der Waals surface area contributed by atoms with E-state index in [1.165, 1.54) is 0 Å². The van der Waals surface area contributed by atoms with Gasteiger partial charge in [-0.15, -0.1) is 4.55 Å². The molecule has 0 spiro atoms. The molecule has 0 aromatic heterocycles. The van der Waals surface area contributed by atoms with Crippen LogP contribution in [0.5, 0.6) is 0 Å². The molecule has 0 aromatic rings. The van der Waals surface area contributed by atoms with Gasteiger partial charge in [0, 0.05) is 0 Å². The van der Waals surface area contributed by atoms with Crippen molar-refractivity contribution in [1.29, 1.82) is 0 Å². The van der Waals surface area contributed by atoms with Crippen LogP contribution in [0.15, 0.2) is 0 Å². The van der Waals surface area contributed by atoms with Crippen molar-refractivity contribution < 1.29 is 8.76 Å². The van der Waals surface area contributed by atoms with Gasteiger partial charge in [-0.1, -0.05) is 6.92 Å². The van der Waals surface area contributed by atoms with Crippen molar-refractivity contribution in [3.05, 3.63) is 0 Å². The van der Waals surface area contributed by atoms with Gasteiger partial charge in [-0.05, 0) is 13.3 Å². The fourth-order valence-corrected chi connectivity index (χ4v) is 0.408. The van der Waals surface area contributed by atoms with Gasteiger partial charge in [-0.2, -0.15) is 0 Å². The summed E-state index contributed by atoms with van der Waals surface area (Å²) >= 11 is -1.86. The minimum absolute atomic E-state index is 0.181. The number of hydrogen-bond donors (Lipinski definition) is 0. The molecule has 0 saturated carbocycles. The van der Waals surface area contributed by atoms with Crippen molar-refractivity contribution in [3.63, 3.8) is 0 Å². The van der Waals surface area contributed by atoms with Gasteiger partial charge >= 0.3 is 0 Å². The van der Waals surface area contributed by atoms with Gasteiger partial charge in [0.05, 0.1) is 5.25 Å². The highest BCUT2D eigenvalue weighted by Gasteiger charge is 2.04. The van der Waals surface area contributed by atoms with Crippen LogP contribution in [0.3, 0.4) is 0 Å². The molecule has 0 aliphatic carbocycles. The van der Waals surface area contributed by atoms with Crippen molar-refractivity contribution >= 4 is 11.1 Å². The highest BCUT2D eigenvalue weighted by molar-refractivity contribution is 7.79. The molecule has 43 valence electrons. The quantitative estimate of drug-likeness (QED) is 0.534. The Morgan fingerprint density at radius 2 is 2.14 bits per heavy atom. The maximum Gasteiger partial charge on any atom is 0.191 e. The number of hydrogen-bond acceptors (Lipinski definition) is 1. The van der Waals surface area contributed by atoms with Crippen molar-refractivity contribution in [2.75, 3.05) is 0 Å². The van der Waals surface area contributed by atoms with Crippen molar-refractivity contribution in [1.82, 2.24) is 0 Å². The summed E-state index contributed by atoms with van der Waals surface area (Å²) in [6.45, 7) is 3.53. The van der Waals surface area contributed by atoms with Crippen molar-refractivity contribution in [2.24, 2.45) is 0 Å². The Labute approximate surface area is 46.2 Å². The first-order chi connectivity index (χ1) is 3.18. The highest BCUT2D eigenvalue weighted by atomic mass is 32.2. The maximum absolute atomic E-state index is 9.93. The Morgan fingerprint density at radius 1 is 1.71 bits per heavy atom. The van der Waals surface area contributed by atoms with Crippen LogP contribution in [0, 0.1) is 0 Å². The molecule has 0 aliphatic heterocycles. The fourth-order valence-electron chi connectivity index (χ4n) is 0.136. The summed E-state index contributed by atoms with van der Waals surface area (Å²) in [7, 11) is 0. The van der Waals surface area contributed by atoms with E-state index in [9.17, 15) is 8.76 Å². The normalized spacial score (nSPS) is 18.7. The van der Waals surface area contributed by atoms with Gasteiger partial charge in [-0.3, -0.25) is 0 Å². The molecule has 0 fully saturated rings. The summed E-state index contributed by atoms with van der Waals surface area (Å²) in [6, 6.07) is 0. The summed E-state index contributed by atoms with van der Waals surface area (Å²) in [6.07, 6.45) is 0.704. The van der Waals surface area contributed by atoms with Crippen LogP contribution >= 0.6 is 0 Å². The van der Waals surface area contributed by atoms with E-state index in [0.717, 1.165) is 0 Å². The fraction of sp³-hybridized carbons (Fsp3) is 1.00. The maximum atomic E-state index is 9.93. The topological polar surface area (TPSA) is 37.0 Å². The van der Waals surface area contributed by atoms with Gasteiger partial charge in [-0.25, -0.2) is 4.21 Å². The van der Waals surface area contributed by atoms with Crippen LogP contribution < -0.4 is 0 Å². The van der Waals surface area contributed by atoms with Crippen molar-refractivity contribution in [2.45, 2.75) is 25.5 Å². The highest BCUT2D eigenvalue weighted by Crippen LogP contribution is 1.95. The van der Waals surface area contributed by atoms with Gasteiger partial charge in [0.2, 0.25) is 0 Å². The van der Waals surface area contributed by atoms with Crippen LogP contribution in [0.25, 0.3) is 0 Å². The van der Waals surface area contributed by atoms with Crippen molar-refractivity contribution in [3.8, 4) is 0 Å². The summed E-state index contributed by atoms with van der Waals surface area (Å²) < 4.78 is 19.9. The van der Waals surface area contributed by atoms with E-state index in [1.54, 1.807) is 6.92 Å². The predicted octanol–water partition coefficient (Wildman–Crippen LogP) is 0.879. The van der Waals surface area contributed by atoms with Gasteiger partial charge in [0.1, 0.15) is 0 Å². The zero-order valence-corrected chi connectivity index (χ0v) is 5.33. The van der Waals surface area contributed by atoms with E-state index in [4.69, 9.17) is 0 Å². The lowest BCUT2D eigenvalue weighted by molar-refractivity contribution is 0.462. The van der Waals surface area contributed by atoms with Crippen LogP contribution in [-0.4, -0.2) is 9.46 Å². The third-order valence-electron chi connectivity index (χ3n) is 0.903. The molecule has 7 heavy (non-hydrogen) atoms. The zero-order valence-electron chi connectivity index (χ0n) is 4.51. The minimum atomic E-state index is -1.86. The smallest absolute Gasteiger partial charge is 0.191 e. The third-order valence-corrected chi connectivity index (χ3v) is 1.89. The second-order valence-electron chi connectivity index (χ2n) is 1.48. The second kappa shape index (κ2) is 3.16. The first kappa shape index (κ1) is 7.11. The summed E-state index contributed by atoms with van der Waals surface area (Å²) in [5.41, 5.74) is 0. The van der Waals surface area contributed by atoms with E-state index in [2.05, 4.69) is 0 Å². The summed E-state index contributed by atoms with van der Waals surface area (Å²) in [5, 5.41) is -0.181. The van der Waals surface area contributed by atoms with Crippen LogP contribution in [0.2, 0.25) is 0 Å². The SMILES string of the molecule is CCC(C)S([O])=O. The molecule has 0 aromatic carbocycles. The largest absolute Gasteiger partial charge is 0.227 e. The predicted molar refractivity (Wildman–Crippen MR) is 28.6 cm³/mol. The molecule has 3 heteroatoms. The molecule has 2 nitrogen and oxygen atoms in total. The van der Waals surface area contributed by atoms with Crippen LogP contribution in [-0.2, 0) is 15.6 Å². The second-order valence-corrected chi connectivity index (χ2v) is 2.81. The van der Waals surface area contributed by atoms with Crippen LogP contribution in [0.1, 0.15) is 20.3 Å². The molecule has 0 saturated heterocycles. The van der Waals surface area contributed by atoms with Gasteiger partial charge < -0.3 is 0 Å². The summed E-state index contributed by atoms with van der Waals surface area (Å²) in [5.74, 6) is 0. The molecule has 0 aliphatic rings. The first-order valence-electron chi connectivity index (χ1n) is 2.26. The lowest BCUT2D eigenvalue weighted by Crippen LogP contribution is -2.05. The van der Waals surface area contributed by atoms with Crippen LogP contribution in [0.4, 0.5) is 0 Å². The molecule has 0 N–H and O–H groups in total. The number of rotatable bonds is 2. The molecular weight excluding hydrogens is 112 g/mol. The molecule has 0 amide bonds. The third kappa shape index (κ3) is 2.76. The van der Waals surface area contributed by atoms with E-state index in [1.807, 2.05) is 6.92 Å². The Hall–Kier alpha value is 0.110. The van der Waals surface area contributed by atoms with E-state index in [0.29, 0.717) is 6.42 Å². The van der Waals surface area contributed by atoms with E-state index >= 15 is 0 Å². The molecule has 0 rings (SSSR count).